The molecular formula is C24H18Cl2N4O4S. The molecule has 1 aromatic heterocycles. The smallest absolute Gasteiger partial charge is 0.286 e. The number of hydrogen-bond acceptors (Lipinski definition) is 7. The van der Waals surface area contributed by atoms with Crippen LogP contribution in [-0.4, -0.2) is 47.1 Å². The average molecular weight is 529 g/mol. The van der Waals surface area contributed by atoms with Crippen LogP contribution < -0.4 is 4.90 Å². The van der Waals surface area contributed by atoms with Gasteiger partial charge in [0.15, 0.2) is 5.17 Å². The molecule has 0 saturated carbocycles. The Morgan fingerprint density at radius 2 is 1.69 bits per heavy atom. The van der Waals surface area contributed by atoms with Crippen LogP contribution in [0.3, 0.4) is 0 Å². The lowest BCUT2D eigenvalue weighted by molar-refractivity contribution is -0.384. The second-order valence-corrected chi connectivity index (χ2v) is 9.71. The lowest BCUT2D eigenvalue weighted by Gasteiger charge is -2.36. The molecule has 1 fully saturated rings. The first kappa shape index (κ1) is 23.5. The summed E-state index contributed by atoms with van der Waals surface area (Å²) in [5.41, 5.74) is 1.79. The van der Waals surface area contributed by atoms with Gasteiger partial charge in [-0.05, 0) is 54.2 Å². The van der Waals surface area contributed by atoms with Crippen molar-refractivity contribution in [2.24, 2.45) is 4.99 Å². The number of amides is 1. The van der Waals surface area contributed by atoms with Gasteiger partial charge in [0.25, 0.3) is 11.6 Å². The Kier molecular flexibility index (Phi) is 6.55. The Morgan fingerprint density at radius 1 is 0.971 bits per heavy atom. The Morgan fingerprint density at radius 3 is 2.37 bits per heavy atom. The Bertz CT molecular complexity index is 1360. The van der Waals surface area contributed by atoms with Crippen LogP contribution >= 0.6 is 35.0 Å². The zero-order valence-corrected chi connectivity index (χ0v) is 20.5. The predicted octanol–water partition coefficient (Wildman–Crippen LogP) is 5.95. The molecule has 11 heteroatoms. The zero-order chi connectivity index (χ0) is 24.5. The number of nitro groups is 1. The summed E-state index contributed by atoms with van der Waals surface area (Å²) in [7, 11) is 0. The van der Waals surface area contributed by atoms with Crippen molar-refractivity contribution in [3.8, 4) is 11.3 Å². The van der Waals surface area contributed by atoms with E-state index in [1.54, 1.807) is 36.4 Å². The standard InChI is InChI=1S/C24H18Cl2N4O4S/c25-19-7-1-15(13-20(19)26)21-8-6-18(34-21)14-22-23(31)27-24(35-22)29-11-9-28(10-12-29)16-2-4-17(5-3-16)30(32)33/h1-8,13-14H,9-12H2. The van der Waals surface area contributed by atoms with Crippen molar-refractivity contribution in [2.45, 2.75) is 0 Å². The normalized spacial score (nSPS) is 17.3. The molecule has 2 aliphatic rings. The van der Waals surface area contributed by atoms with Crippen LogP contribution in [0.2, 0.25) is 10.0 Å². The fourth-order valence-corrected chi connectivity index (χ4v) is 5.08. The van der Waals surface area contributed by atoms with Crippen LogP contribution in [0, 0.1) is 10.1 Å². The molecule has 0 atom stereocenters. The molecule has 0 bridgehead atoms. The average Bonchev–Trinajstić information content (AvgIpc) is 3.48. The summed E-state index contributed by atoms with van der Waals surface area (Å²) in [6.45, 7) is 2.81. The molecule has 1 amide bonds. The van der Waals surface area contributed by atoms with Crippen molar-refractivity contribution in [1.82, 2.24) is 4.90 Å². The highest BCUT2D eigenvalue weighted by molar-refractivity contribution is 8.18. The topological polar surface area (TPSA) is 92.2 Å². The first-order valence-corrected chi connectivity index (χ1v) is 12.3. The molecule has 8 nitrogen and oxygen atoms in total. The molecule has 3 aromatic rings. The fourth-order valence-electron chi connectivity index (χ4n) is 3.84. The van der Waals surface area contributed by atoms with Crippen LogP contribution in [0.25, 0.3) is 17.4 Å². The van der Waals surface area contributed by atoms with Crippen LogP contribution in [0.1, 0.15) is 5.76 Å². The van der Waals surface area contributed by atoms with Crippen molar-refractivity contribution in [2.75, 3.05) is 31.1 Å². The number of amidine groups is 1. The third-order valence-corrected chi connectivity index (χ3v) is 7.47. The number of benzene rings is 2. The molecule has 0 N–H and O–H groups in total. The SMILES string of the molecule is O=C1N=C(N2CCN(c3ccc([N+](=O)[O-])cc3)CC2)SC1=Cc1ccc(-c2ccc(Cl)c(Cl)c2)o1. The number of thioether (sulfide) groups is 1. The van der Waals surface area contributed by atoms with Gasteiger partial charge in [-0.25, -0.2) is 0 Å². The number of rotatable bonds is 4. The van der Waals surface area contributed by atoms with E-state index in [-0.39, 0.29) is 11.6 Å². The van der Waals surface area contributed by atoms with Gasteiger partial charge in [-0.3, -0.25) is 14.9 Å². The van der Waals surface area contributed by atoms with Gasteiger partial charge in [-0.1, -0.05) is 23.2 Å². The van der Waals surface area contributed by atoms with E-state index in [2.05, 4.69) is 14.8 Å². The Labute approximate surface area is 215 Å². The minimum atomic E-state index is -0.407. The second-order valence-electron chi connectivity index (χ2n) is 7.89. The molecule has 2 aliphatic heterocycles. The summed E-state index contributed by atoms with van der Waals surface area (Å²) < 4.78 is 5.88. The van der Waals surface area contributed by atoms with Crippen LogP contribution in [0.4, 0.5) is 11.4 Å². The molecule has 35 heavy (non-hydrogen) atoms. The van der Waals surface area contributed by atoms with E-state index in [0.29, 0.717) is 44.7 Å². The van der Waals surface area contributed by atoms with Crippen LogP contribution in [0.15, 0.2) is 68.9 Å². The molecule has 178 valence electrons. The van der Waals surface area contributed by atoms with Crippen molar-refractivity contribution >= 4 is 63.5 Å². The first-order chi connectivity index (χ1) is 16.9. The number of carbonyl (C=O) groups is 1. The number of piperazine rings is 1. The van der Waals surface area contributed by atoms with Gasteiger partial charge >= 0.3 is 0 Å². The van der Waals surface area contributed by atoms with Crippen molar-refractivity contribution < 1.29 is 14.1 Å². The van der Waals surface area contributed by atoms with Crippen molar-refractivity contribution in [1.29, 1.82) is 0 Å². The number of anilines is 1. The van der Waals surface area contributed by atoms with E-state index in [4.69, 9.17) is 27.6 Å². The lowest BCUT2D eigenvalue weighted by Crippen LogP contribution is -2.47. The molecule has 1 saturated heterocycles. The highest BCUT2D eigenvalue weighted by atomic mass is 35.5. The summed E-state index contributed by atoms with van der Waals surface area (Å²) in [4.78, 5) is 31.9. The highest BCUT2D eigenvalue weighted by Gasteiger charge is 2.29. The van der Waals surface area contributed by atoms with E-state index < -0.39 is 4.92 Å². The third kappa shape index (κ3) is 5.07. The number of nitrogens with zero attached hydrogens (tertiary/aromatic N) is 4. The molecule has 5 rings (SSSR count). The maximum absolute atomic E-state index is 12.5. The number of halogens is 2. The lowest BCUT2D eigenvalue weighted by atomic mass is 10.2. The quantitative estimate of drug-likeness (QED) is 0.234. The number of aliphatic imine (C=N–C) groups is 1. The summed E-state index contributed by atoms with van der Waals surface area (Å²) >= 11 is 13.4. The fraction of sp³-hybridized carbons (Fsp3) is 0.167. The van der Waals surface area contributed by atoms with E-state index in [1.807, 2.05) is 12.1 Å². The molecule has 0 spiro atoms. The number of nitro benzene ring substituents is 1. The molecular weight excluding hydrogens is 511 g/mol. The van der Waals surface area contributed by atoms with Crippen LogP contribution in [0.5, 0.6) is 0 Å². The maximum atomic E-state index is 12.5. The monoisotopic (exact) mass is 528 g/mol. The molecule has 3 heterocycles. The first-order valence-electron chi connectivity index (χ1n) is 10.7. The molecule has 2 aromatic carbocycles. The van der Waals surface area contributed by atoms with Gasteiger partial charge in [0, 0.05) is 55.6 Å². The Balaban J connectivity index is 1.21. The molecule has 0 aliphatic carbocycles. The minimum Gasteiger partial charge on any atom is -0.457 e. The minimum absolute atomic E-state index is 0.0718. The summed E-state index contributed by atoms with van der Waals surface area (Å²) in [5, 5.41) is 12.4. The maximum Gasteiger partial charge on any atom is 0.286 e. The summed E-state index contributed by atoms with van der Waals surface area (Å²) in [6, 6.07) is 15.4. The van der Waals surface area contributed by atoms with Gasteiger partial charge in [-0.15, -0.1) is 0 Å². The summed E-state index contributed by atoms with van der Waals surface area (Å²) in [5.74, 6) is 0.867. The van der Waals surface area contributed by atoms with Gasteiger partial charge in [0.2, 0.25) is 0 Å². The highest BCUT2D eigenvalue weighted by Crippen LogP contribution is 2.34. The summed E-state index contributed by atoms with van der Waals surface area (Å²) in [6.07, 6.45) is 1.69. The number of non-ortho nitro benzene ring substituents is 1. The second kappa shape index (κ2) is 9.77. The molecule has 0 unspecified atom stereocenters. The van der Waals surface area contributed by atoms with Gasteiger partial charge < -0.3 is 14.2 Å². The van der Waals surface area contributed by atoms with Gasteiger partial charge in [-0.2, -0.15) is 4.99 Å². The van der Waals surface area contributed by atoms with Gasteiger partial charge in [0.05, 0.1) is 19.9 Å². The van der Waals surface area contributed by atoms with E-state index in [0.717, 1.165) is 24.3 Å². The zero-order valence-electron chi connectivity index (χ0n) is 18.2. The van der Waals surface area contributed by atoms with Gasteiger partial charge in [0.1, 0.15) is 11.5 Å². The van der Waals surface area contributed by atoms with E-state index in [1.165, 1.54) is 23.9 Å². The van der Waals surface area contributed by atoms with Crippen LogP contribution in [-0.2, 0) is 4.79 Å². The molecule has 0 radical (unpaired) electrons. The predicted molar refractivity (Wildman–Crippen MR) is 139 cm³/mol. The largest absolute Gasteiger partial charge is 0.457 e. The Hall–Kier alpha value is -3.27. The van der Waals surface area contributed by atoms with Crippen molar-refractivity contribution in [3.05, 3.63) is 85.4 Å². The third-order valence-electron chi connectivity index (χ3n) is 5.69. The number of furan rings is 1. The van der Waals surface area contributed by atoms with Crippen molar-refractivity contribution in [3.63, 3.8) is 0 Å². The van der Waals surface area contributed by atoms with E-state index in [9.17, 15) is 14.9 Å². The number of hydrogen-bond donors (Lipinski definition) is 0. The number of carbonyl (C=O) groups excluding carboxylic acids is 1. The van der Waals surface area contributed by atoms with E-state index >= 15 is 0 Å².